The number of hydrogen-bond acceptors (Lipinski definition) is 5. The van der Waals surface area contributed by atoms with Crippen LogP contribution in [0.15, 0.2) is 23.5 Å². The zero-order chi connectivity index (χ0) is 16.6. The summed E-state index contributed by atoms with van der Waals surface area (Å²) in [5, 5.41) is 10.8. The van der Waals surface area contributed by atoms with E-state index in [-0.39, 0.29) is 23.3 Å². The van der Waals surface area contributed by atoms with E-state index in [1.54, 1.807) is 15.8 Å². The van der Waals surface area contributed by atoms with E-state index in [9.17, 15) is 13.2 Å². The van der Waals surface area contributed by atoms with Crippen LogP contribution in [0.3, 0.4) is 0 Å². The second-order valence-electron chi connectivity index (χ2n) is 5.96. The molecule has 3 heterocycles. The van der Waals surface area contributed by atoms with Crippen molar-refractivity contribution >= 4 is 15.7 Å². The average Bonchev–Trinajstić information content (AvgIpc) is 3.15. The Morgan fingerprint density at radius 1 is 1.43 bits per heavy atom. The number of carbonyl (C=O) groups excluding carboxylic acids is 1. The van der Waals surface area contributed by atoms with Crippen molar-refractivity contribution in [1.29, 1.82) is 0 Å². The van der Waals surface area contributed by atoms with Crippen LogP contribution in [0.1, 0.15) is 23.6 Å². The molecular formula is C14H19N5O3S. The fourth-order valence-corrected chi connectivity index (χ4v) is 3.74. The van der Waals surface area contributed by atoms with Crippen molar-refractivity contribution in [3.05, 3.63) is 29.8 Å². The van der Waals surface area contributed by atoms with E-state index in [2.05, 4.69) is 15.3 Å². The number of nitrogens with one attached hydrogen (secondary N) is 1. The predicted octanol–water partition coefficient (Wildman–Crippen LogP) is 0.334. The molecule has 1 aliphatic heterocycles. The molecule has 1 aliphatic rings. The molecule has 1 N–H and O–H groups in total. The Bertz CT molecular complexity index is 823. The maximum Gasteiger partial charge on any atom is 0.244 e. The van der Waals surface area contributed by atoms with Gasteiger partial charge >= 0.3 is 0 Å². The first-order valence-corrected chi connectivity index (χ1v) is 9.24. The maximum atomic E-state index is 12.3. The minimum Gasteiger partial charge on any atom is -0.340 e. The molecule has 1 saturated heterocycles. The van der Waals surface area contributed by atoms with Crippen LogP contribution in [0.5, 0.6) is 0 Å². The Labute approximate surface area is 134 Å². The molecule has 2 aromatic rings. The first-order valence-electron chi connectivity index (χ1n) is 7.35. The highest BCUT2D eigenvalue weighted by Gasteiger charge is 2.31. The van der Waals surface area contributed by atoms with E-state index in [0.717, 1.165) is 5.56 Å². The smallest absolute Gasteiger partial charge is 0.244 e. The molecule has 0 saturated carbocycles. The number of aromatic nitrogens is 4. The van der Waals surface area contributed by atoms with Crippen LogP contribution in [0, 0.1) is 6.92 Å². The monoisotopic (exact) mass is 337 g/mol. The summed E-state index contributed by atoms with van der Waals surface area (Å²) in [6.45, 7) is 3.21. The van der Waals surface area contributed by atoms with Gasteiger partial charge in [0.2, 0.25) is 5.91 Å². The summed E-state index contributed by atoms with van der Waals surface area (Å²) in [6, 6.07) is 0. The molecule has 2 aromatic heterocycles. The number of H-pyrrole nitrogens is 1. The van der Waals surface area contributed by atoms with Crippen molar-refractivity contribution in [2.45, 2.75) is 30.7 Å². The van der Waals surface area contributed by atoms with Gasteiger partial charge in [0.25, 0.3) is 0 Å². The normalized spacial score (nSPS) is 18.5. The molecule has 1 amide bonds. The Kier molecular flexibility index (Phi) is 3.97. The molecule has 1 fully saturated rings. The number of sulfone groups is 1. The van der Waals surface area contributed by atoms with Crippen molar-refractivity contribution in [3.8, 4) is 0 Å². The van der Waals surface area contributed by atoms with Gasteiger partial charge < -0.3 is 4.90 Å². The lowest BCUT2D eigenvalue weighted by atomic mass is 10.1. The lowest BCUT2D eigenvalue weighted by Crippen LogP contribution is -2.32. The zero-order valence-electron chi connectivity index (χ0n) is 13.1. The van der Waals surface area contributed by atoms with Crippen molar-refractivity contribution in [2.24, 2.45) is 0 Å². The van der Waals surface area contributed by atoms with E-state index in [1.165, 1.54) is 12.5 Å². The molecule has 8 nitrogen and oxygen atoms in total. The third-order valence-corrected chi connectivity index (χ3v) is 5.16. The van der Waals surface area contributed by atoms with Crippen LogP contribution in [0.4, 0.5) is 0 Å². The van der Waals surface area contributed by atoms with E-state index < -0.39 is 9.84 Å². The van der Waals surface area contributed by atoms with Crippen LogP contribution in [0.2, 0.25) is 0 Å². The van der Waals surface area contributed by atoms with Gasteiger partial charge in [-0.15, -0.1) is 0 Å². The number of likely N-dealkylation sites (tertiary alicyclic amines) is 1. The molecule has 1 unspecified atom stereocenters. The van der Waals surface area contributed by atoms with Crippen LogP contribution < -0.4 is 0 Å². The van der Waals surface area contributed by atoms with Crippen molar-refractivity contribution in [1.82, 2.24) is 24.9 Å². The Hall–Kier alpha value is -2.16. The number of nitrogens with zero attached hydrogens (tertiary/aromatic N) is 4. The van der Waals surface area contributed by atoms with Gasteiger partial charge in [0.15, 0.2) is 9.84 Å². The first-order chi connectivity index (χ1) is 10.8. The van der Waals surface area contributed by atoms with Gasteiger partial charge in [0.1, 0.15) is 11.4 Å². The summed E-state index contributed by atoms with van der Waals surface area (Å²) in [5.74, 6) is -0.0541. The van der Waals surface area contributed by atoms with E-state index >= 15 is 0 Å². The number of carbonyl (C=O) groups is 1. The maximum absolute atomic E-state index is 12.3. The summed E-state index contributed by atoms with van der Waals surface area (Å²) >= 11 is 0. The summed E-state index contributed by atoms with van der Waals surface area (Å²) in [7, 11) is -3.32. The quantitative estimate of drug-likeness (QED) is 0.867. The fourth-order valence-electron chi connectivity index (χ4n) is 2.89. The zero-order valence-corrected chi connectivity index (χ0v) is 13.9. The van der Waals surface area contributed by atoms with Gasteiger partial charge in [-0.25, -0.2) is 8.42 Å². The van der Waals surface area contributed by atoms with Crippen molar-refractivity contribution in [3.63, 3.8) is 0 Å². The van der Waals surface area contributed by atoms with Crippen LogP contribution in [-0.4, -0.2) is 58.5 Å². The van der Waals surface area contributed by atoms with Gasteiger partial charge in [0.05, 0.1) is 18.1 Å². The lowest BCUT2D eigenvalue weighted by Gasteiger charge is -2.16. The third kappa shape index (κ3) is 3.29. The highest BCUT2D eigenvalue weighted by molar-refractivity contribution is 7.90. The first kappa shape index (κ1) is 15.7. The third-order valence-electron chi connectivity index (χ3n) is 4.04. The van der Waals surface area contributed by atoms with Crippen molar-refractivity contribution in [2.75, 3.05) is 19.3 Å². The lowest BCUT2D eigenvalue weighted by molar-refractivity contribution is -0.131. The molecule has 0 aromatic carbocycles. The molecule has 9 heteroatoms. The van der Waals surface area contributed by atoms with Gasteiger partial charge in [-0.05, 0) is 18.9 Å². The molecule has 1 atom stereocenters. The Morgan fingerprint density at radius 2 is 2.22 bits per heavy atom. The van der Waals surface area contributed by atoms with E-state index in [0.29, 0.717) is 25.2 Å². The molecule has 124 valence electrons. The molecule has 3 rings (SSSR count). The number of rotatable bonds is 4. The largest absolute Gasteiger partial charge is 0.340 e. The highest BCUT2D eigenvalue weighted by atomic mass is 32.2. The minimum atomic E-state index is -3.32. The fraction of sp³-hybridized carbons (Fsp3) is 0.500. The second-order valence-corrected chi connectivity index (χ2v) is 7.94. The van der Waals surface area contributed by atoms with Crippen molar-refractivity contribution < 1.29 is 13.2 Å². The Balaban J connectivity index is 1.69. The predicted molar refractivity (Wildman–Crippen MR) is 82.6 cm³/mol. The minimum absolute atomic E-state index is 0.0176. The molecule has 0 radical (unpaired) electrons. The van der Waals surface area contributed by atoms with Gasteiger partial charge in [0, 0.05) is 31.5 Å². The Morgan fingerprint density at radius 3 is 2.87 bits per heavy atom. The van der Waals surface area contributed by atoms with E-state index in [1.807, 2.05) is 13.1 Å². The summed E-state index contributed by atoms with van der Waals surface area (Å²) in [4.78, 5) is 14.3. The van der Waals surface area contributed by atoms with Gasteiger partial charge in [-0.2, -0.15) is 10.2 Å². The molecule has 0 aliphatic carbocycles. The summed E-state index contributed by atoms with van der Waals surface area (Å²) in [6.07, 6.45) is 6.75. The topological polar surface area (TPSA) is 101 Å². The standard InChI is InChI=1S/C14H19N5O3S/c1-10-5-16-19(7-10)9-13(20)18-4-3-11(8-18)14-12(6-15-17-14)23(2,21)22/h5-7,11H,3-4,8-9H2,1-2H3,(H,15,17). The molecule has 23 heavy (non-hydrogen) atoms. The number of amides is 1. The molecule has 0 spiro atoms. The average molecular weight is 337 g/mol. The van der Waals surface area contributed by atoms with E-state index in [4.69, 9.17) is 0 Å². The number of aromatic amines is 1. The van der Waals surface area contributed by atoms with Crippen LogP contribution in [-0.2, 0) is 21.2 Å². The molecular weight excluding hydrogens is 318 g/mol. The number of hydrogen-bond donors (Lipinski definition) is 1. The summed E-state index contributed by atoms with van der Waals surface area (Å²) < 4.78 is 25.2. The molecule has 0 bridgehead atoms. The number of aryl methyl sites for hydroxylation is 1. The van der Waals surface area contributed by atoms with Crippen LogP contribution >= 0.6 is 0 Å². The van der Waals surface area contributed by atoms with Gasteiger partial charge in [-0.3, -0.25) is 14.6 Å². The van der Waals surface area contributed by atoms with Crippen LogP contribution in [0.25, 0.3) is 0 Å². The summed E-state index contributed by atoms with van der Waals surface area (Å²) in [5.41, 5.74) is 1.60. The SMILES string of the molecule is Cc1cnn(CC(=O)N2CCC(c3[nH]ncc3S(C)(=O)=O)C2)c1. The van der Waals surface area contributed by atoms with Gasteiger partial charge in [-0.1, -0.05) is 0 Å². The highest BCUT2D eigenvalue weighted by Crippen LogP contribution is 2.30. The second kappa shape index (κ2) is 5.80.